The predicted molar refractivity (Wildman–Crippen MR) is 106 cm³/mol. The number of para-hydroxylation sites is 1. The van der Waals surface area contributed by atoms with Crippen LogP contribution >= 0.6 is 0 Å². The van der Waals surface area contributed by atoms with Crippen molar-refractivity contribution in [3.63, 3.8) is 0 Å². The fourth-order valence-corrected chi connectivity index (χ4v) is 3.73. The molecule has 1 amide bonds. The summed E-state index contributed by atoms with van der Waals surface area (Å²) in [5.74, 6) is 0.148. The number of nitrogens with zero attached hydrogens (tertiary/aromatic N) is 2. The second-order valence-corrected chi connectivity index (χ2v) is 7.17. The zero-order valence-corrected chi connectivity index (χ0v) is 15.6. The van der Waals surface area contributed by atoms with E-state index in [1.54, 1.807) is 7.11 Å². The number of benzene rings is 2. The maximum atomic E-state index is 12.9. The third-order valence-corrected chi connectivity index (χ3v) is 5.13. The number of amides is 1. The highest BCUT2D eigenvalue weighted by Gasteiger charge is 2.28. The number of fused-ring (bicyclic) bond motifs is 1. The first-order valence-electron chi connectivity index (χ1n) is 9.35. The molecule has 1 saturated heterocycles. The molecule has 0 bridgehead atoms. The Bertz CT molecular complexity index is 873. The number of H-pyrrole nitrogens is 1. The van der Waals surface area contributed by atoms with E-state index in [2.05, 4.69) is 40.2 Å². The smallest absolute Gasteiger partial charge is 0.237 e. The van der Waals surface area contributed by atoms with E-state index in [0.717, 1.165) is 23.3 Å². The highest BCUT2D eigenvalue weighted by molar-refractivity contribution is 5.80. The molecular formula is C22H25N3O2. The van der Waals surface area contributed by atoms with Gasteiger partial charge in [-0.25, -0.2) is 0 Å². The Morgan fingerprint density at radius 1 is 1.04 bits per heavy atom. The van der Waals surface area contributed by atoms with Gasteiger partial charge < -0.3 is 14.6 Å². The van der Waals surface area contributed by atoms with Gasteiger partial charge >= 0.3 is 0 Å². The molecule has 1 unspecified atom stereocenters. The molecule has 5 heteroatoms. The van der Waals surface area contributed by atoms with Gasteiger partial charge in [0.05, 0.1) is 12.6 Å². The lowest BCUT2D eigenvalue weighted by atomic mass is 10.2. The summed E-state index contributed by atoms with van der Waals surface area (Å²) in [5, 5.41) is 1.20. The molecule has 1 aromatic heterocycles. The van der Waals surface area contributed by atoms with Crippen LogP contribution in [-0.4, -0.2) is 53.5 Å². The van der Waals surface area contributed by atoms with Crippen LogP contribution in [0, 0.1) is 0 Å². The van der Waals surface area contributed by atoms with Crippen molar-refractivity contribution in [3.05, 3.63) is 71.9 Å². The second-order valence-electron chi connectivity index (χ2n) is 7.17. The van der Waals surface area contributed by atoms with Gasteiger partial charge in [0, 0.05) is 44.5 Å². The van der Waals surface area contributed by atoms with Gasteiger partial charge in [0.2, 0.25) is 5.91 Å². The van der Waals surface area contributed by atoms with Gasteiger partial charge in [0.15, 0.2) is 0 Å². The van der Waals surface area contributed by atoms with Crippen LogP contribution in [-0.2, 0) is 22.6 Å². The SMILES string of the molecule is COC1CN(Cc2cc3ccccc3[nH]2)CC(=O)N(Cc2ccccc2)C1. The number of carbonyl (C=O) groups is 1. The normalized spacial score (nSPS) is 18.8. The minimum atomic E-state index is 0.00420. The van der Waals surface area contributed by atoms with Crippen molar-refractivity contribution in [2.24, 2.45) is 0 Å². The number of ether oxygens (including phenoxy) is 1. The summed E-state index contributed by atoms with van der Waals surface area (Å²) in [6.45, 7) is 3.09. The molecule has 0 aliphatic carbocycles. The first-order valence-corrected chi connectivity index (χ1v) is 9.35. The molecule has 1 N–H and O–H groups in total. The molecule has 5 nitrogen and oxygen atoms in total. The van der Waals surface area contributed by atoms with Crippen LogP contribution in [0.5, 0.6) is 0 Å². The first-order chi connectivity index (χ1) is 13.2. The summed E-state index contributed by atoms with van der Waals surface area (Å²) in [6, 6.07) is 20.5. The van der Waals surface area contributed by atoms with Gasteiger partial charge in [-0.3, -0.25) is 9.69 Å². The molecule has 1 fully saturated rings. The van der Waals surface area contributed by atoms with Crippen LogP contribution in [0.4, 0.5) is 0 Å². The maximum absolute atomic E-state index is 12.9. The van der Waals surface area contributed by atoms with E-state index >= 15 is 0 Å². The fraction of sp³-hybridized carbons (Fsp3) is 0.318. The van der Waals surface area contributed by atoms with E-state index in [9.17, 15) is 4.79 Å². The lowest BCUT2D eigenvalue weighted by Crippen LogP contribution is -2.37. The second kappa shape index (κ2) is 7.94. The Morgan fingerprint density at radius 2 is 1.81 bits per heavy atom. The highest BCUT2D eigenvalue weighted by Crippen LogP contribution is 2.18. The van der Waals surface area contributed by atoms with Gasteiger partial charge in [-0.15, -0.1) is 0 Å². The summed E-state index contributed by atoms with van der Waals surface area (Å²) in [7, 11) is 1.72. The molecule has 0 saturated carbocycles. The highest BCUT2D eigenvalue weighted by atomic mass is 16.5. The third kappa shape index (κ3) is 4.21. The number of aromatic amines is 1. The largest absolute Gasteiger partial charge is 0.378 e. The molecule has 0 radical (unpaired) electrons. The number of aromatic nitrogens is 1. The Hall–Kier alpha value is -2.63. The van der Waals surface area contributed by atoms with Crippen LogP contribution in [0.25, 0.3) is 10.9 Å². The molecule has 140 valence electrons. The van der Waals surface area contributed by atoms with Crippen molar-refractivity contribution in [2.45, 2.75) is 19.2 Å². The van der Waals surface area contributed by atoms with Crippen molar-refractivity contribution >= 4 is 16.8 Å². The van der Waals surface area contributed by atoms with Crippen molar-refractivity contribution in [3.8, 4) is 0 Å². The van der Waals surface area contributed by atoms with E-state index in [1.807, 2.05) is 35.2 Å². The minimum absolute atomic E-state index is 0.00420. The zero-order chi connectivity index (χ0) is 18.6. The maximum Gasteiger partial charge on any atom is 0.237 e. The molecule has 2 aromatic carbocycles. The van der Waals surface area contributed by atoms with Gasteiger partial charge in [0.25, 0.3) is 0 Å². The van der Waals surface area contributed by atoms with E-state index in [0.29, 0.717) is 26.2 Å². The number of hydrogen-bond donors (Lipinski definition) is 1. The third-order valence-electron chi connectivity index (χ3n) is 5.13. The number of carbonyl (C=O) groups excluding carboxylic acids is 1. The number of nitrogens with one attached hydrogen (secondary N) is 1. The Balaban J connectivity index is 1.48. The zero-order valence-electron chi connectivity index (χ0n) is 15.6. The summed E-state index contributed by atoms with van der Waals surface area (Å²) < 4.78 is 5.67. The van der Waals surface area contributed by atoms with Crippen LogP contribution in [0.15, 0.2) is 60.7 Å². The predicted octanol–water partition coefficient (Wildman–Crippen LogP) is 3.03. The van der Waals surface area contributed by atoms with Gasteiger partial charge in [-0.05, 0) is 23.1 Å². The lowest BCUT2D eigenvalue weighted by molar-refractivity contribution is -0.132. The van der Waals surface area contributed by atoms with Gasteiger partial charge in [-0.2, -0.15) is 0 Å². The van der Waals surface area contributed by atoms with Crippen LogP contribution < -0.4 is 0 Å². The van der Waals surface area contributed by atoms with Crippen molar-refractivity contribution in [2.75, 3.05) is 26.7 Å². The number of rotatable bonds is 5. The van der Waals surface area contributed by atoms with Gasteiger partial charge in [-0.1, -0.05) is 48.5 Å². The van der Waals surface area contributed by atoms with E-state index in [-0.39, 0.29) is 12.0 Å². The Kier molecular flexibility index (Phi) is 5.23. The van der Waals surface area contributed by atoms with Crippen LogP contribution in [0.1, 0.15) is 11.3 Å². The summed E-state index contributed by atoms with van der Waals surface area (Å²) >= 11 is 0. The standard InChI is InChI=1S/C22H25N3O2/c1-27-20-14-24(13-19-11-18-9-5-6-10-21(18)23-19)16-22(26)25(15-20)12-17-7-3-2-4-8-17/h2-11,20,23H,12-16H2,1H3. The molecule has 3 aromatic rings. The molecule has 27 heavy (non-hydrogen) atoms. The molecule has 0 spiro atoms. The average molecular weight is 363 g/mol. The Morgan fingerprint density at radius 3 is 2.59 bits per heavy atom. The fourth-order valence-electron chi connectivity index (χ4n) is 3.73. The molecule has 1 aliphatic heterocycles. The van der Waals surface area contributed by atoms with Crippen molar-refractivity contribution in [1.29, 1.82) is 0 Å². The summed E-state index contributed by atoms with van der Waals surface area (Å²) in [4.78, 5) is 20.4. The van der Waals surface area contributed by atoms with E-state index in [1.165, 1.54) is 5.39 Å². The topological polar surface area (TPSA) is 48.6 Å². The molecule has 4 rings (SSSR count). The average Bonchev–Trinajstić information content (AvgIpc) is 3.02. The minimum Gasteiger partial charge on any atom is -0.378 e. The number of hydrogen-bond acceptors (Lipinski definition) is 3. The van der Waals surface area contributed by atoms with E-state index in [4.69, 9.17) is 4.74 Å². The quantitative estimate of drug-likeness (QED) is 0.758. The molecule has 1 atom stereocenters. The van der Waals surface area contributed by atoms with E-state index < -0.39 is 0 Å². The van der Waals surface area contributed by atoms with Gasteiger partial charge in [0.1, 0.15) is 0 Å². The monoisotopic (exact) mass is 363 g/mol. The Labute approximate surface area is 159 Å². The summed E-state index contributed by atoms with van der Waals surface area (Å²) in [6.07, 6.45) is 0.00420. The molecule has 1 aliphatic rings. The van der Waals surface area contributed by atoms with Crippen molar-refractivity contribution in [1.82, 2.24) is 14.8 Å². The van der Waals surface area contributed by atoms with Crippen LogP contribution in [0.3, 0.4) is 0 Å². The van der Waals surface area contributed by atoms with Crippen molar-refractivity contribution < 1.29 is 9.53 Å². The lowest BCUT2D eigenvalue weighted by Gasteiger charge is -2.23. The van der Waals surface area contributed by atoms with Crippen LogP contribution in [0.2, 0.25) is 0 Å². The molecule has 2 heterocycles. The first kappa shape index (κ1) is 17.8. The molecular weight excluding hydrogens is 338 g/mol. The number of methoxy groups -OCH3 is 1. The summed E-state index contributed by atoms with van der Waals surface area (Å²) in [5.41, 5.74) is 3.39.